The van der Waals surface area contributed by atoms with E-state index < -0.39 is 0 Å². The van der Waals surface area contributed by atoms with Crippen LogP contribution in [0.5, 0.6) is 0 Å². The number of nitrogens with zero attached hydrogens (tertiary/aromatic N) is 2. The van der Waals surface area contributed by atoms with Gasteiger partial charge in [0.05, 0.1) is 11.4 Å². The summed E-state index contributed by atoms with van der Waals surface area (Å²) in [5.41, 5.74) is 20.1. The standard InChI is InChI=1S/C40H34N4/c41-24-12-4-2-1-3-6-16-31(27-42)39-33-17-9-10-18-34(33)40(32-21-23-38(44-28-32)37-19-11-13-25-43-37)36-26-30(20-22-35(36)39)29-14-7-5-8-15-29/h2,4-28H,1,3,41-42H2/b4-2-,16-6-,24-12-,31-27+. The monoisotopic (exact) mass is 570 g/mol. The van der Waals surface area contributed by atoms with E-state index in [4.69, 9.17) is 16.5 Å². The third-order valence-corrected chi connectivity index (χ3v) is 7.73. The molecule has 0 amide bonds. The fraction of sp³-hybridized carbons (Fsp3) is 0.0500. The summed E-state index contributed by atoms with van der Waals surface area (Å²) in [7, 11) is 0. The van der Waals surface area contributed by atoms with E-state index >= 15 is 0 Å². The topological polar surface area (TPSA) is 77.8 Å². The summed E-state index contributed by atoms with van der Waals surface area (Å²) in [4.78, 5) is 9.34. The second kappa shape index (κ2) is 13.5. The quantitative estimate of drug-likeness (QED) is 0.103. The minimum atomic E-state index is 0.844. The van der Waals surface area contributed by atoms with E-state index in [0.717, 1.165) is 73.6 Å². The van der Waals surface area contributed by atoms with Gasteiger partial charge in [0.1, 0.15) is 0 Å². The van der Waals surface area contributed by atoms with Gasteiger partial charge in [-0.1, -0.05) is 103 Å². The number of allylic oxidation sites excluding steroid dienone is 6. The molecule has 4 nitrogen and oxygen atoms in total. The van der Waals surface area contributed by atoms with Gasteiger partial charge in [-0.3, -0.25) is 9.97 Å². The van der Waals surface area contributed by atoms with Crippen molar-refractivity contribution in [1.82, 2.24) is 9.97 Å². The molecule has 0 atom stereocenters. The van der Waals surface area contributed by atoms with Gasteiger partial charge < -0.3 is 11.5 Å². The van der Waals surface area contributed by atoms with Crippen LogP contribution in [0.2, 0.25) is 0 Å². The average Bonchev–Trinajstić information content (AvgIpc) is 3.09. The Morgan fingerprint density at radius 3 is 2.07 bits per heavy atom. The Bertz CT molecular complexity index is 2000. The zero-order valence-electron chi connectivity index (χ0n) is 24.5. The van der Waals surface area contributed by atoms with E-state index in [0.29, 0.717) is 0 Å². The summed E-state index contributed by atoms with van der Waals surface area (Å²) in [6.45, 7) is 0. The van der Waals surface area contributed by atoms with E-state index in [1.807, 2.05) is 42.6 Å². The Hall–Kier alpha value is -5.74. The minimum absolute atomic E-state index is 0.844. The van der Waals surface area contributed by atoms with Crippen molar-refractivity contribution in [2.75, 3.05) is 0 Å². The second-order valence-corrected chi connectivity index (χ2v) is 10.5. The first-order valence-electron chi connectivity index (χ1n) is 14.8. The van der Waals surface area contributed by atoms with Crippen molar-refractivity contribution in [2.45, 2.75) is 12.8 Å². The maximum atomic E-state index is 6.34. The molecular weight excluding hydrogens is 536 g/mol. The summed E-state index contributed by atoms with van der Waals surface area (Å²) in [6, 6.07) is 35.9. The fourth-order valence-corrected chi connectivity index (χ4v) is 5.68. The Morgan fingerprint density at radius 2 is 1.32 bits per heavy atom. The highest BCUT2D eigenvalue weighted by Gasteiger charge is 2.18. The Kier molecular flexibility index (Phi) is 8.70. The van der Waals surface area contributed by atoms with Gasteiger partial charge in [-0.25, -0.2) is 0 Å². The lowest BCUT2D eigenvalue weighted by molar-refractivity contribution is 1.05. The molecule has 6 aromatic rings. The average molecular weight is 571 g/mol. The van der Waals surface area contributed by atoms with E-state index in [-0.39, 0.29) is 0 Å². The smallest absolute Gasteiger partial charge is 0.0886 e. The van der Waals surface area contributed by atoms with Crippen molar-refractivity contribution < 1.29 is 0 Å². The predicted octanol–water partition coefficient (Wildman–Crippen LogP) is 9.45. The second-order valence-electron chi connectivity index (χ2n) is 10.5. The maximum Gasteiger partial charge on any atom is 0.0886 e. The van der Waals surface area contributed by atoms with Crippen LogP contribution in [-0.2, 0) is 0 Å². The van der Waals surface area contributed by atoms with Crippen molar-refractivity contribution >= 4 is 27.1 Å². The van der Waals surface area contributed by atoms with Gasteiger partial charge >= 0.3 is 0 Å². The molecule has 0 radical (unpaired) electrons. The molecule has 4 N–H and O–H groups in total. The first-order chi connectivity index (χ1) is 21.8. The van der Waals surface area contributed by atoms with Crippen LogP contribution in [0.25, 0.3) is 60.8 Å². The van der Waals surface area contributed by atoms with Crippen molar-refractivity contribution in [3.8, 4) is 33.6 Å². The molecule has 0 fully saturated rings. The minimum Gasteiger partial charge on any atom is -0.405 e. The van der Waals surface area contributed by atoms with Crippen LogP contribution < -0.4 is 11.5 Å². The van der Waals surface area contributed by atoms with Crippen LogP contribution in [-0.4, -0.2) is 9.97 Å². The highest BCUT2D eigenvalue weighted by atomic mass is 14.8. The van der Waals surface area contributed by atoms with Gasteiger partial charge in [-0.15, -0.1) is 0 Å². The molecule has 0 spiro atoms. The Balaban J connectivity index is 1.55. The molecule has 44 heavy (non-hydrogen) atoms. The molecular formula is C40H34N4. The third kappa shape index (κ3) is 5.92. The van der Waals surface area contributed by atoms with Crippen LogP contribution in [0.3, 0.4) is 0 Å². The summed E-state index contributed by atoms with van der Waals surface area (Å²) in [6.07, 6.45) is 19.1. The van der Waals surface area contributed by atoms with Crippen LogP contribution in [0.4, 0.5) is 0 Å². The van der Waals surface area contributed by atoms with Crippen LogP contribution >= 0.6 is 0 Å². The summed E-state index contributed by atoms with van der Waals surface area (Å²) < 4.78 is 0. The molecule has 214 valence electrons. The molecule has 0 aliphatic rings. The third-order valence-electron chi connectivity index (χ3n) is 7.73. The lowest BCUT2D eigenvalue weighted by Gasteiger charge is -2.19. The first kappa shape index (κ1) is 28.4. The predicted molar refractivity (Wildman–Crippen MR) is 186 cm³/mol. The number of rotatable bonds is 9. The SMILES string of the molecule is N/C=C\C=C/CC/C=C\C(=C/N)c1c2ccccc2c(-c2ccc(-c3ccccn3)nc2)c2cc(-c3ccccc3)ccc12. The molecule has 4 aromatic carbocycles. The van der Waals surface area contributed by atoms with E-state index in [2.05, 4.69) is 102 Å². The van der Waals surface area contributed by atoms with Gasteiger partial charge in [-0.05, 0) is 98.8 Å². The number of benzene rings is 4. The number of aromatic nitrogens is 2. The molecule has 0 saturated carbocycles. The maximum absolute atomic E-state index is 6.34. The van der Waals surface area contributed by atoms with Crippen molar-refractivity contribution in [2.24, 2.45) is 11.5 Å². The number of unbranched alkanes of at least 4 members (excludes halogenated alkanes) is 1. The van der Waals surface area contributed by atoms with Gasteiger partial charge in [-0.2, -0.15) is 0 Å². The zero-order chi connectivity index (χ0) is 30.1. The molecule has 6 rings (SSSR count). The van der Waals surface area contributed by atoms with E-state index in [1.54, 1.807) is 12.4 Å². The lowest BCUT2D eigenvalue weighted by atomic mass is 9.85. The van der Waals surface area contributed by atoms with Crippen molar-refractivity contribution in [3.63, 3.8) is 0 Å². The van der Waals surface area contributed by atoms with E-state index in [1.165, 1.54) is 11.8 Å². The normalized spacial score (nSPS) is 12.3. The number of fused-ring (bicyclic) bond motifs is 2. The van der Waals surface area contributed by atoms with E-state index in [9.17, 15) is 0 Å². The summed E-state index contributed by atoms with van der Waals surface area (Å²) >= 11 is 0. The Labute approximate surface area is 258 Å². The molecule has 0 aliphatic heterocycles. The van der Waals surface area contributed by atoms with Crippen molar-refractivity contribution in [1.29, 1.82) is 0 Å². The molecule has 0 saturated heterocycles. The van der Waals surface area contributed by atoms with Gasteiger partial charge in [0, 0.05) is 24.2 Å². The van der Waals surface area contributed by atoms with Gasteiger partial charge in [0.2, 0.25) is 0 Å². The molecule has 0 bridgehead atoms. The fourth-order valence-electron chi connectivity index (χ4n) is 5.68. The summed E-state index contributed by atoms with van der Waals surface area (Å²) in [5.74, 6) is 0. The number of nitrogens with two attached hydrogens (primary N) is 2. The highest BCUT2D eigenvalue weighted by molar-refractivity contribution is 6.20. The van der Waals surface area contributed by atoms with Crippen LogP contribution in [0.15, 0.2) is 158 Å². The summed E-state index contributed by atoms with van der Waals surface area (Å²) in [5, 5.41) is 4.58. The van der Waals surface area contributed by atoms with Gasteiger partial charge in [0.15, 0.2) is 0 Å². The molecule has 0 aliphatic carbocycles. The highest BCUT2D eigenvalue weighted by Crippen LogP contribution is 2.43. The molecule has 2 heterocycles. The van der Waals surface area contributed by atoms with Crippen molar-refractivity contribution in [3.05, 3.63) is 164 Å². The molecule has 2 aromatic heterocycles. The number of hydrogen-bond donors (Lipinski definition) is 2. The van der Waals surface area contributed by atoms with Crippen LogP contribution in [0, 0.1) is 0 Å². The number of pyridine rings is 2. The zero-order valence-corrected chi connectivity index (χ0v) is 24.5. The van der Waals surface area contributed by atoms with Gasteiger partial charge in [0.25, 0.3) is 0 Å². The number of hydrogen-bond acceptors (Lipinski definition) is 4. The van der Waals surface area contributed by atoms with Crippen LogP contribution in [0.1, 0.15) is 18.4 Å². The Morgan fingerprint density at radius 1 is 0.591 bits per heavy atom. The molecule has 0 unspecified atom stereocenters. The lowest BCUT2D eigenvalue weighted by Crippen LogP contribution is -1.96. The molecule has 4 heteroatoms. The largest absolute Gasteiger partial charge is 0.405 e. The first-order valence-corrected chi connectivity index (χ1v) is 14.8.